The average molecular weight is 391 g/mol. The van der Waals surface area contributed by atoms with Crippen molar-refractivity contribution in [1.29, 1.82) is 0 Å². The van der Waals surface area contributed by atoms with Gasteiger partial charge in [0.05, 0.1) is 0 Å². The van der Waals surface area contributed by atoms with Crippen molar-refractivity contribution in [3.8, 4) is 17.5 Å². The van der Waals surface area contributed by atoms with Gasteiger partial charge in [0.25, 0.3) is 5.91 Å². The lowest BCUT2D eigenvalue weighted by molar-refractivity contribution is -0.118. The summed E-state index contributed by atoms with van der Waals surface area (Å²) in [6, 6.07) is 17.0. The lowest BCUT2D eigenvalue weighted by Crippen LogP contribution is -2.20. The van der Waals surface area contributed by atoms with Gasteiger partial charge in [-0.15, -0.1) is 0 Å². The summed E-state index contributed by atoms with van der Waals surface area (Å²) >= 11 is 0. The summed E-state index contributed by atoms with van der Waals surface area (Å²) in [7, 11) is 0. The van der Waals surface area contributed by atoms with Crippen LogP contribution in [-0.2, 0) is 11.2 Å². The molecule has 0 saturated heterocycles. The van der Waals surface area contributed by atoms with E-state index in [0.29, 0.717) is 17.2 Å². The number of hydrogen-bond donors (Lipinski definition) is 1. The van der Waals surface area contributed by atoms with E-state index >= 15 is 0 Å². The number of nitrogens with one attached hydrogen (secondary N) is 1. The zero-order valence-electron chi connectivity index (χ0n) is 16.9. The third-order valence-electron chi connectivity index (χ3n) is 4.12. The first kappa shape index (κ1) is 20.3. The molecule has 6 heteroatoms. The van der Waals surface area contributed by atoms with Crippen molar-refractivity contribution in [2.75, 3.05) is 11.9 Å². The van der Waals surface area contributed by atoms with Gasteiger partial charge in [-0.05, 0) is 56.2 Å². The van der Waals surface area contributed by atoms with Crippen LogP contribution in [0.15, 0.2) is 54.6 Å². The fraction of sp³-hybridized carbons (Fsp3) is 0.261. The minimum atomic E-state index is -0.248. The van der Waals surface area contributed by atoms with Gasteiger partial charge in [-0.25, -0.2) is 9.97 Å². The van der Waals surface area contributed by atoms with Gasteiger partial charge in [-0.1, -0.05) is 31.5 Å². The van der Waals surface area contributed by atoms with Gasteiger partial charge in [0.1, 0.15) is 11.5 Å². The molecule has 0 spiro atoms. The van der Waals surface area contributed by atoms with Crippen LogP contribution in [0.2, 0.25) is 0 Å². The molecule has 1 amide bonds. The molecule has 0 atom stereocenters. The number of benzene rings is 2. The van der Waals surface area contributed by atoms with Crippen LogP contribution < -0.4 is 14.8 Å². The monoisotopic (exact) mass is 391 g/mol. The molecule has 0 aliphatic carbocycles. The molecule has 1 N–H and O–H groups in total. The van der Waals surface area contributed by atoms with E-state index in [4.69, 9.17) is 9.47 Å². The number of aromatic nitrogens is 2. The highest BCUT2D eigenvalue weighted by atomic mass is 16.5. The van der Waals surface area contributed by atoms with Gasteiger partial charge < -0.3 is 14.8 Å². The zero-order chi connectivity index (χ0) is 20.6. The number of carbonyl (C=O) groups excluding carboxylic acids is 1. The van der Waals surface area contributed by atoms with E-state index in [2.05, 4.69) is 22.2 Å². The maximum atomic E-state index is 12.2. The first-order chi connectivity index (χ1) is 14.0. The second kappa shape index (κ2) is 9.68. The molecule has 2 aromatic carbocycles. The van der Waals surface area contributed by atoms with E-state index < -0.39 is 0 Å². The summed E-state index contributed by atoms with van der Waals surface area (Å²) in [5.74, 6) is 0.965. The molecule has 0 aliphatic heterocycles. The molecule has 0 bridgehead atoms. The molecular weight excluding hydrogens is 366 g/mol. The molecule has 3 rings (SSSR count). The van der Waals surface area contributed by atoms with E-state index in [1.54, 1.807) is 24.3 Å². The average Bonchev–Trinajstić information content (AvgIpc) is 2.67. The smallest absolute Gasteiger partial charge is 0.322 e. The Hall–Kier alpha value is -3.41. The largest absolute Gasteiger partial charge is 0.484 e. The summed E-state index contributed by atoms with van der Waals surface area (Å²) in [4.78, 5) is 20.7. The number of nitrogens with zero attached hydrogens (tertiary/aromatic N) is 2. The van der Waals surface area contributed by atoms with Crippen molar-refractivity contribution in [3.05, 3.63) is 71.5 Å². The Labute approximate surface area is 170 Å². The van der Waals surface area contributed by atoms with E-state index in [-0.39, 0.29) is 18.5 Å². The summed E-state index contributed by atoms with van der Waals surface area (Å²) in [6.07, 6.45) is 2.13. The van der Waals surface area contributed by atoms with Gasteiger partial charge in [0, 0.05) is 23.1 Å². The summed E-state index contributed by atoms with van der Waals surface area (Å²) < 4.78 is 11.3. The number of aryl methyl sites for hydroxylation is 3. The van der Waals surface area contributed by atoms with Gasteiger partial charge in [-0.2, -0.15) is 0 Å². The lowest BCUT2D eigenvalue weighted by Gasteiger charge is -2.10. The summed E-state index contributed by atoms with van der Waals surface area (Å²) in [5.41, 5.74) is 3.53. The van der Waals surface area contributed by atoms with Crippen molar-refractivity contribution < 1.29 is 14.3 Å². The molecule has 150 valence electrons. The van der Waals surface area contributed by atoms with Gasteiger partial charge in [0.2, 0.25) is 0 Å². The molecule has 3 aromatic rings. The minimum absolute atomic E-state index is 0.0710. The molecule has 0 fully saturated rings. The molecule has 6 nitrogen and oxygen atoms in total. The number of rotatable bonds is 8. The van der Waals surface area contributed by atoms with Crippen molar-refractivity contribution in [1.82, 2.24) is 9.97 Å². The van der Waals surface area contributed by atoms with Crippen molar-refractivity contribution in [2.24, 2.45) is 0 Å². The Morgan fingerprint density at radius 3 is 2.38 bits per heavy atom. The Bertz CT molecular complexity index is 951. The van der Waals surface area contributed by atoms with Crippen LogP contribution in [0.25, 0.3) is 0 Å². The predicted molar refractivity (Wildman–Crippen MR) is 113 cm³/mol. The summed E-state index contributed by atoms with van der Waals surface area (Å²) in [6.45, 7) is 5.84. The first-order valence-corrected chi connectivity index (χ1v) is 9.63. The number of amides is 1. The Morgan fingerprint density at radius 2 is 1.69 bits per heavy atom. The van der Waals surface area contributed by atoms with Gasteiger partial charge in [0.15, 0.2) is 6.61 Å². The Morgan fingerprint density at radius 1 is 0.966 bits per heavy atom. The number of hydrogen-bond acceptors (Lipinski definition) is 5. The molecule has 0 aliphatic rings. The van der Waals surface area contributed by atoms with E-state index in [9.17, 15) is 4.79 Å². The Kier molecular flexibility index (Phi) is 6.79. The fourth-order valence-corrected chi connectivity index (χ4v) is 2.87. The van der Waals surface area contributed by atoms with E-state index in [0.717, 1.165) is 24.2 Å². The van der Waals surface area contributed by atoms with Crippen LogP contribution in [-0.4, -0.2) is 22.5 Å². The SMILES string of the molecule is CCCc1ccc(OCC(=O)Nc2cccc(Oc3nc(C)cc(C)n3)c2)cc1. The van der Waals surface area contributed by atoms with Crippen molar-refractivity contribution in [3.63, 3.8) is 0 Å². The second-order valence-electron chi connectivity index (χ2n) is 6.79. The lowest BCUT2D eigenvalue weighted by atomic mass is 10.1. The zero-order valence-corrected chi connectivity index (χ0v) is 16.9. The number of ether oxygens (including phenoxy) is 2. The summed E-state index contributed by atoms with van der Waals surface area (Å²) in [5, 5.41) is 2.81. The molecule has 1 heterocycles. The standard InChI is InChI=1S/C23H25N3O3/c1-4-6-18-9-11-20(12-10-18)28-15-22(27)26-19-7-5-8-21(14-19)29-23-24-16(2)13-17(3)25-23/h5,7-14H,4,6,15H2,1-3H3,(H,26,27). The van der Waals surface area contributed by atoms with Crippen LogP contribution in [0, 0.1) is 13.8 Å². The van der Waals surface area contributed by atoms with Crippen LogP contribution in [0.4, 0.5) is 5.69 Å². The van der Waals surface area contributed by atoms with Gasteiger partial charge >= 0.3 is 6.01 Å². The van der Waals surface area contributed by atoms with E-state index in [1.807, 2.05) is 44.2 Å². The quantitative estimate of drug-likeness (QED) is 0.594. The van der Waals surface area contributed by atoms with E-state index in [1.165, 1.54) is 5.56 Å². The topological polar surface area (TPSA) is 73.3 Å². The number of anilines is 1. The third-order valence-corrected chi connectivity index (χ3v) is 4.12. The molecule has 0 unspecified atom stereocenters. The first-order valence-electron chi connectivity index (χ1n) is 9.63. The van der Waals surface area contributed by atoms with Gasteiger partial charge in [-0.3, -0.25) is 4.79 Å². The highest BCUT2D eigenvalue weighted by Gasteiger charge is 2.07. The fourth-order valence-electron chi connectivity index (χ4n) is 2.87. The van der Waals surface area contributed by atoms with Crippen LogP contribution in [0.5, 0.6) is 17.5 Å². The number of carbonyl (C=O) groups is 1. The molecule has 0 saturated carbocycles. The van der Waals surface area contributed by atoms with Crippen LogP contribution in [0.3, 0.4) is 0 Å². The molecule has 1 aromatic heterocycles. The molecule has 29 heavy (non-hydrogen) atoms. The highest BCUT2D eigenvalue weighted by Crippen LogP contribution is 2.22. The normalized spacial score (nSPS) is 10.4. The minimum Gasteiger partial charge on any atom is -0.484 e. The van der Waals surface area contributed by atoms with Crippen molar-refractivity contribution in [2.45, 2.75) is 33.6 Å². The van der Waals surface area contributed by atoms with Crippen molar-refractivity contribution >= 4 is 11.6 Å². The Balaban J connectivity index is 1.55. The second-order valence-corrected chi connectivity index (χ2v) is 6.79. The molecular formula is C23H25N3O3. The maximum absolute atomic E-state index is 12.2. The van der Waals surface area contributed by atoms with Crippen LogP contribution >= 0.6 is 0 Å². The van der Waals surface area contributed by atoms with Crippen LogP contribution in [0.1, 0.15) is 30.3 Å². The molecule has 0 radical (unpaired) electrons. The third kappa shape index (κ3) is 6.31. The predicted octanol–water partition coefficient (Wildman–Crippen LogP) is 4.86. The highest BCUT2D eigenvalue weighted by molar-refractivity contribution is 5.92. The maximum Gasteiger partial charge on any atom is 0.322 e.